The predicted molar refractivity (Wildman–Crippen MR) is 54.5 cm³/mol. The van der Waals surface area contributed by atoms with Crippen molar-refractivity contribution in [1.29, 1.82) is 5.41 Å². The van der Waals surface area contributed by atoms with Crippen LogP contribution in [-0.2, 0) is 0 Å². The minimum Gasteiger partial charge on any atom is -0.506 e. The van der Waals surface area contributed by atoms with Gasteiger partial charge in [0, 0.05) is 10.7 Å². The Hall–Kier alpha value is -1.03. The topological polar surface area (TPSA) is 56.1 Å². The number of rotatable bonds is 0. The first-order valence-electron chi connectivity index (χ1n) is 3.29. The molecule has 0 aromatic heterocycles. The molecule has 0 fully saturated rings. The van der Waals surface area contributed by atoms with Gasteiger partial charge in [-0.2, -0.15) is 0 Å². The van der Waals surface area contributed by atoms with Crippen molar-refractivity contribution in [2.45, 2.75) is 6.92 Å². The smallest absolute Gasteiger partial charge is 0.139 e. The molecule has 0 saturated heterocycles. The lowest BCUT2D eigenvalue weighted by Crippen LogP contribution is -2.10. The lowest BCUT2D eigenvalue weighted by atomic mass is 10.3. The molecule has 0 bridgehead atoms. The molecule has 1 aliphatic heterocycles. The summed E-state index contributed by atoms with van der Waals surface area (Å²) in [6, 6.07) is 0. The van der Waals surface area contributed by atoms with Gasteiger partial charge in [-0.05, 0) is 35.6 Å². The summed E-state index contributed by atoms with van der Waals surface area (Å²) < 4.78 is 0.843. The molecule has 0 spiro atoms. The van der Waals surface area contributed by atoms with Gasteiger partial charge in [0.25, 0.3) is 0 Å². The van der Waals surface area contributed by atoms with Crippen LogP contribution in [0.2, 0.25) is 0 Å². The van der Waals surface area contributed by atoms with Crippen LogP contribution in [0, 0.1) is 5.41 Å². The quantitative estimate of drug-likeness (QED) is 0.561. The average Bonchev–Trinajstić information content (AvgIpc) is 2.08. The van der Waals surface area contributed by atoms with Gasteiger partial charge in [0.1, 0.15) is 5.76 Å². The molecule has 4 heteroatoms. The number of halogens is 1. The standard InChI is InChI=1S/C7H8BrNO.CH3N/c1-2-6-7(10)3-5(8)4-9-6;1-2/h2-4,9-10H,1H3;2H,1H2/b6-2-;. The lowest BCUT2D eigenvalue weighted by Gasteiger charge is -2.10. The second-order valence-electron chi connectivity index (χ2n) is 1.91. The van der Waals surface area contributed by atoms with E-state index in [0.717, 1.165) is 10.2 Å². The number of allylic oxidation sites excluding steroid dienone is 3. The molecule has 1 rings (SSSR count). The molecule has 1 heterocycles. The van der Waals surface area contributed by atoms with E-state index in [1.807, 2.05) is 13.0 Å². The largest absolute Gasteiger partial charge is 0.506 e. The van der Waals surface area contributed by atoms with Crippen molar-refractivity contribution in [3.63, 3.8) is 0 Å². The Labute approximate surface area is 80.1 Å². The van der Waals surface area contributed by atoms with E-state index in [4.69, 9.17) is 5.41 Å². The van der Waals surface area contributed by atoms with Crippen LogP contribution in [0.1, 0.15) is 6.92 Å². The van der Waals surface area contributed by atoms with Gasteiger partial charge >= 0.3 is 0 Å². The summed E-state index contributed by atoms with van der Waals surface area (Å²) in [5.74, 6) is 0.261. The predicted octanol–water partition coefficient (Wildman–Crippen LogP) is 2.44. The van der Waals surface area contributed by atoms with Crippen molar-refractivity contribution in [1.82, 2.24) is 5.32 Å². The van der Waals surface area contributed by atoms with Crippen LogP contribution in [0.4, 0.5) is 0 Å². The molecule has 0 unspecified atom stereocenters. The van der Waals surface area contributed by atoms with Crippen molar-refractivity contribution in [3.8, 4) is 0 Å². The van der Waals surface area contributed by atoms with E-state index in [0.29, 0.717) is 0 Å². The van der Waals surface area contributed by atoms with E-state index in [-0.39, 0.29) is 5.76 Å². The first-order chi connectivity index (χ1) is 5.74. The Kier molecular flexibility index (Phi) is 5.12. The normalized spacial score (nSPS) is 18.3. The number of aliphatic hydroxyl groups is 1. The van der Waals surface area contributed by atoms with Crippen molar-refractivity contribution in [2.75, 3.05) is 0 Å². The summed E-state index contributed by atoms with van der Waals surface area (Å²) >= 11 is 3.22. The van der Waals surface area contributed by atoms with Gasteiger partial charge in [-0.15, -0.1) is 0 Å². The summed E-state index contributed by atoms with van der Waals surface area (Å²) in [7, 11) is 0. The average molecular weight is 231 g/mol. The fourth-order valence-corrected chi connectivity index (χ4v) is 1.03. The van der Waals surface area contributed by atoms with Crippen molar-refractivity contribution < 1.29 is 5.11 Å². The molecule has 3 nitrogen and oxygen atoms in total. The van der Waals surface area contributed by atoms with Crippen LogP contribution in [0.25, 0.3) is 0 Å². The Morgan fingerprint density at radius 2 is 2.25 bits per heavy atom. The molecule has 0 radical (unpaired) electrons. The molecule has 1 aliphatic rings. The first-order valence-corrected chi connectivity index (χ1v) is 4.08. The lowest BCUT2D eigenvalue weighted by molar-refractivity contribution is 0.416. The Balaban J connectivity index is 0.000000561. The molecule has 0 aliphatic carbocycles. The maximum Gasteiger partial charge on any atom is 0.139 e. The second-order valence-corrected chi connectivity index (χ2v) is 2.82. The second kappa shape index (κ2) is 5.60. The van der Waals surface area contributed by atoms with Crippen LogP contribution >= 0.6 is 15.9 Å². The van der Waals surface area contributed by atoms with Gasteiger partial charge < -0.3 is 15.8 Å². The highest BCUT2D eigenvalue weighted by atomic mass is 79.9. The van der Waals surface area contributed by atoms with Crippen molar-refractivity contribution in [2.24, 2.45) is 0 Å². The summed E-state index contributed by atoms with van der Waals surface area (Å²) in [6.07, 6.45) is 5.22. The molecule has 12 heavy (non-hydrogen) atoms. The first kappa shape index (κ1) is 11.0. The molecule has 0 saturated carbocycles. The number of hydrogen-bond donors (Lipinski definition) is 3. The van der Waals surface area contributed by atoms with Gasteiger partial charge in [-0.1, -0.05) is 6.08 Å². The van der Waals surface area contributed by atoms with Crippen LogP contribution in [0.3, 0.4) is 0 Å². The molecule has 66 valence electrons. The third-order valence-corrected chi connectivity index (χ3v) is 1.66. The summed E-state index contributed by atoms with van der Waals surface area (Å²) in [4.78, 5) is 0. The summed E-state index contributed by atoms with van der Waals surface area (Å²) in [5.41, 5.74) is 0.739. The van der Waals surface area contributed by atoms with E-state index < -0.39 is 0 Å². The van der Waals surface area contributed by atoms with Crippen molar-refractivity contribution in [3.05, 3.63) is 34.3 Å². The number of hydrogen-bond acceptors (Lipinski definition) is 3. The van der Waals surface area contributed by atoms with E-state index in [1.54, 1.807) is 12.3 Å². The Morgan fingerprint density at radius 1 is 1.67 bits per heavy atom. The van der Waals surface area contributed by atoms with Crippen molar-refractivity contribution >= 4 is 22.6 Å². The molecule has 0 aromatic carbocycles. The molecule has 3 N–H and O–H groups in total. The fourth-order valence-electron chi connectivity index (χ4n) is 0.702. The number of dihydropyridines is 1. The molecular weight excluding hydrogens is 220 g/mol. The number of aliphatic hydroxyl groups excluding tert-OH is 1. The SMILES string of the molecule is C/C=C1\NC=C(Br)C=C1O.C=N. The van der Waals surface area contributed by atoms with Gasteiger partial charge in [0.05, 0.1) is 5.70 Å². The van der Waals surface area contributed by atoms with E-state index in [1.165, 1.54) is 0 Å². The molecular formula is C8H11BrN2O. The van der Waals surface area contributed by atoms with E-state index >= 15 is 0 Å². The Bertz CT molecular complexity index is 243. The van der Waals surface area contributed by atoms with Crippen LogP contribution in [0.15, 0.2) is 34.3 Å². The van der Waals surface area contributed by atoms with Gasteiger partial charge in [-0.3, -0.25) is 0 Å². The van der Waals surface area contributed by atoms with E-state index in [9.17, 15) is 5.11 Å². The third kappa shape index (κ3) is 2.92. The zero-order valence-electron chi connectivity index (χ0n) is 6.76. The van der Waals surface area contributed by atoms with Gasteiger partial charge in [-0.25, -0.2) is 0 Å². The monoisotopic (exact) mass is 230 g/mol. The highest BCUT2D eigenvalue weighted by molar-refractivity contribution is 9.11. The maximum absolute atomic E-state index is 9.20. The molecule has 0 atom stereocenters. The minimum absolute atomic E-state index is 0.261. The summed E-state index contributed by atoms with van der Waals surface area (Å²) in [5, 5.41) is 17.6. The molecule has 0 aromatic rings. The number of nitrogens with one attached hydrogen (secondary N) is 2. The maximum atomic E-state index is 9.20. The fraction of sp³-hybridized carbons (Fsp3) is 0.125. The van der Waals surface area contributed by atoms with Crippen LogP contribution < -0.4 is 5.32 Å². The summed E-state index contributed by atoms with van der Waals surface area (Å²) in [6.45, 7) is 4.36. The van der Waals surface area contributed by atoms with E-state index in [2.05, 4.69) is 28.0 Å². The molecule has 0 amide bonds. The zero-order valence-corrected chi connectivity index (χ0v) is 8.35. The minimum atomic E-state index is 0.261. The highest BCUT2D eigenvalue weighted by Crippen LogP contribution is 2.16. The highest BCUT2D eigenvalue weighted by Gasteiger charge is 2.04. The van der Waals surface area contributed by atoms with Crippen LogP contribution in [-0.4, -0.2) is 11.8 Å². The zero-order chi connectivity index (χ0) is 9.56. The third-order valence-electron chi connectivity index (χ3n) is 1.20. The van der Waals surface area contributed by atoms with Gasteiger partial charge in [0.15, 0.2) is 0 Å². The van der Waals surface area contributed by atoms with Crippen LogP contribution in [0.5, 0.6) is 0 Å². The Morgan fingerprint density at radius 3 is 2.67 bits per heavy atom. The van der Waals surface area contributed by atoms with Gasteiger partial charge in [0.2, 0.25) is 0 Å².